The molecule has 0 amide bonds. The molecule has 2 spiro atoms. The van der Waals surface area contributed by atoms with Crippen molar-refractivity contribution in [3.63, 3.8) is 0 Å². The molecule has 3 aromatic heterocycles. The van der Waals surface area contributed by atoms with E-state index in [9.17, 15) is 18.6 Å². The largest absolute Gasteiger partial charge is 0.393 e. The Labute approximate surface area is 312 Å². The number of carbonyl (C=O) groups is 1. The van der Waals surface area contributed by atoms with Crippen LogP contribution in [0.1, 0.15) is 73.3 Å². The zero-order chi connectivity index (χ0) is 35.4. The monoisotopic (exact) mass is 759 g/mol. The van der Waals surface area contributed by atoms with E-state index in [1.807, 2.05) is 35.7 Å². The Balaban J connectivity index is 1.14. The number of benzene rings is 1. The Morgan fingerprint density at radius 2 is 1.67 bits per heavy atom. The van der Waals surface area contributed by atoms with E-state index in [4.69, 9.17) is 0 Å². The van der Waals surface area contributed by atoms with Crippen molar-refractivity contribution in [3.8, 4) is 0 Å². The lowest BCUT2D eigenvalue weighted by Gasteiger charge is -2.71. The molecular formula is C41H45NO5S4. The van der Waals surface area contributed by atoms with Crippen LogP contribution in [-0.2, 0) is 16.4 Å². The summed E-state index contributed by atoms with van der Waals surface area (Å²) in [5.41, 5.74) is -2.24. The molecule has 2 bridgehead atoms. The van der Waals surface area contributed by atoms with Gasteiger partial charge in [-0.2, -0.15) is 4.31 Å². The van der Waals surface area contributed by atoms with Crippen LogP contribution in [0, 0.1) is 33.5 Å². The second-order valence-electron chi connectivity index (χ2n) is 16.4. The van der Waals surface area contributed by atoms with Crippen LogP contribution >= 0.6 is 34.0 Å². The summed E-state index contributed by atoms with van der Waals surface area (Å²) < 4.78 is 31.4. The quantitative estimate of drug-likeness (QED) is 0.132. The Morgan fingerprint density at radius 3 is 2.43 bits per heavy atom. The van der Waals surface area contributed by atoms with Crippen molar-refractivity contribution in [1.82, 2.24) is 4.31 Å². The topological polar surface area (TPSA) is 94.9 Å². The van der Waals surface area contributed by atoms with Gasteiger partial charge in [-0.15, -0.1) is 34.0 Å². The molecule has 0 radical (unpaired) electrons. The first-order valence-electron chi connectivity index (χ1n) is 18.3. The Bertz CT molecular complexity index is 2140. The molecule has 51 heavy (non-hydrogen) atoms. The first kappa shape index (κ1) is 34.3. The van der Waals surface area contributed by atoms with Crippen molar-refractivity contribution in [1.29, 1.82) is 0 Å². The van der Waals surface area contributed by atoms with Gasteiger partial charge >= 0.3 is 0 Å². The molecule has 0 aliphatic heterocycles. The molecule has 268 valence electrons. The highest BCUT2D eigenvalue weighted by Gasteiger charge is 2.74. The maximum Gasteiger partial charge on any atom is 0.252 e. The summed E-state index contributed by atoms with van der Waals surface area (Å²) in [5.74, 6) is 0.177. The predicted molar refractivity (Wildman–Crippen MR) is 206 cm³/mol. The van der Waals surface area contributed by atoms with Crippen molar-refractivity contribution in [2.75, 3.05) is 13.1 Å². The summed E-state index contributed by atoms with van der Waals surface area (Å²) in [5, 5.41) is 29.0. The molecule has 4 aromatic rings. The van der Waals surface area contributed by atoms with Gasteiger partial charge in [0.15, 0.2) is 5.78 Å². The maximum atomic E-state index is 15.1. The number of ketones is 1. The van der Waals surface area contributed by atoms with Crippen molar-refractivity contribution < 1.29 is 23.4 Å². The molecule has 6 aliphatic rings. The van der Waals surface area contributed by atoms with Crippen molar-refractivity contribution >= 4 is 59.9 Å². The highest BCUT2D eigenvalue weighted by molar-refractivity contribution is 7.91. The third-order valence-corrected chi connectivity index (χ3v) is 19.6. The fourth-order valence-corrected chi connectivity index (χ4v) is 16.0. The molecule has 1 unspecified atom stereocenters. The van der Waals surface area contributed by atoms with Gasteiger partial charge in [0.05, 0.1) is 16.6 Å². The summed E-state index contributed by atoms with van der Waals surface area (Å²) in [6, 6.07) is 17.6. The molecule has 6 aliphatic carbocycles. The third kappa shape index (κ3) is 4.79. The van der Waals surface area contributed by atoms with Gasteiger partial charge in [-0.3, -0.25) is 4.79 Å². The first-order valence-corrected chi connectivity index (χ1v) is 22.3. The Morgan fingerprint density at radius 1 is 0.922 bits per heavy atom. The highest BCUT2D eigenvalue weighted by Crippen LogP contribution is 2.78. The minimum absolute atomic E-state index is 0.0206. The number of aliphatic hydroxyl groups excluding tert-OH is 1. The van der Waals surface area contributed by atoms with Crippen molar-refractivity contribution in [2.24, 2.45) is 33.5 Å². The molecule has 10 heteroatoms. The summed E-state index contributed by atoms with van der Waals surface area (Å²) in [6.45, 7) is 4.88. The molecule has 8 atom stereocenters. The minimum Gasteiger partial charge on any atom is -0.393 e. The second kappa shape index (κ2) is 11.8. The third-order valence-electron chi connectivity index (χ3n) is 14.3. The van der Waals surface area contributed by atoms with Gasteiger partial charge in [0, 0.05) is 44.5 Å². The molecule has 3 fully saturated rings. The maximum absolute atomic E-state index is 15.1. The van der Waals surface area contributed by atoms with Gasteiger partial charge in [-0.05, 0) is 109 Å². The molecule has 6 nitrogen and oxygen atoms in total. The van der Waals surface area contributed by atoms with E-state index in [0.29, 0.717) is 29.9 Å². The fraction of sp³-hybridized carbons (Fsp3) is 0.488. The molecule has 10 rings (SSSR count). The van der Waals surface area contributed by atoms with Crippen LogP contribution in [0.5, 0.6) is 0 Å². The van der Waals surface area contributed by atoms with Crippen LogP contribution in [-0.4, -0.2) is 53.5 Å². The second-order valence-corrected chi connectivity index (χ2v) is 21.6. The van der Waals surface area contributed by atoms with E-state index >= 15 is 4.79 Å². The van der Waals surface area contributed by atoms with Crippen LogP contribution in [0.15, 0.2) is 93.4 Å². The van der Waals surface area contributed by atoms with Gasteiger partial charge in [-0.25, -0.2) is 8.42 Å². The fourth-order valence-electron chi connectivity index (χ4n) is 11.6. The zero-order valence-corrected chi connectivity index (χ0v) is 32.4. The lowest BCUT2D eigenvalue weighted by Crippen LogP contribution is -2.67. The number of aliphatic hydroxyl groups is 2. The molecule has 0 saturated heterocycles. The summed E-state index contributed by atoms with van der Waals surface area (Å²) in [7, 11) is -3.85. The van der Waals surface area contributed by atoms with Gasteiger partial charge < -0.3 is 10.2 Å². The van der Waals surface area contributed by atoms with Crippen molar-refractivity contribution in [3.05, 3.63) is 98.9 Å². The number of carbonyl (C=O) groups excluding carboxylic acids is 1. The van der Waals surface area contributed by atoms with Crippen LogP contribution in [0.3, 0.4) is 0 Å². The molecule has 3 saturated carbocycles. The highest BCUT2D eigenvalue weighted by atomic mass is 32.2. The van der Waals surface area contributed by atoms with E-state index in [-0.39, 0.29) is 36.1 Å². The number of allylic oxidation sites excluding steroid dienone is 4. The number of rotatable bonds is 9. The van der Waals surface area contributed by atoms with E-state index in [2.05, 4.69) is 44.2 Å². The average molecular weight is 760 g/mol. The minimum atomic E-state index is -3.85. The molecule has 3 heterocycles. The van der Waals surface area contributed by atoms with E-state index in [1.165, 1.54) is 11.3 Å². The number of Topliss-reactive ketones (excluding diaryl/α,β-unsaturated/α-hetero) is 1. The smallest absolute Gasteiger partial charge is 0.252 e. The standard InChI is InChI=1S/C41H45NO5S4/c1-37-15-11-28(43)24-39(37)18-19-41(30(25-39)36(44)32-23-27-7-3-4-9-31(27)50-32)33(37)12-16-38(2)34(41)13-17-40(38,45)26-42(20-14-29-8-5-21-48-29)51(46,47)35-10-6-22-49-35/h3-10,18-19,21-23,25,28,33-34,43,45H,11-17,20,24,26H2,1-2H3/t28?,33-,34-,37-,38+,39+,40-,41-/m1/s1. The van der Waals surface area contributed by atoms with Gasteiger partial charge in [0.25, 0.3) is 10.0 Å². The number of nitrogens with zero attached hydrogens (tertiary/aromatic N) is 1. The molecule has 2 N–H and O–H groups in total. The van der Waals surface area contributed by atoms with E-state index in [1.54, 1.807) is 44.5 Å². The summed E-state index contributed by atoms with van der Waals surface area (Å²) in [4.78, 5) is 16.9. The van der Waals surface area contributed by atoms with Crippen LogP contribution in [0.25, 0.3) is 10.1 Å². The van der Waals surface area contributed by atoms with Gasteiger partial charge in [0.1, 0.15) is 4.21 Å². The van der Waals surface area contributed by atoms with Crippen LogP contribution < -0.4 is 0 Å². The molecule has 1 aromatic carbocycles. The number of hydrogen-bond acceptors (Lipinski definition) is 8. The first-order chi connectivity index (χ1) is 24.4. The average Bonchev–Trinajstić information content (AvgIpc) is 3.94. The number of hydrogen-bond donors (Lipinski definition) is 2. The van der Waals surface area contributed by atoms with E-state index < -0.39 is 38.0 Å². The van der Waals surface area contributed by atoms with E-state index in [0.717, 1.165) is 51.1 Å². The normalized spacial score (nSPS) is 37.0. The number of fused-ring (bicyclic) bond motifs is 2. The lowest BCUT2D eigenvalue weighted by atomic mass is 9.32. The Kier molecular flexibility index (Phi) is 7.93. The SMILES string of the molecule is C[C@]12CC[C@H]3[C@]4(C=C[C@@]5(C=C4C(=O)c4cc6ccccc6s4)CC(O)CC[C@]35C)[C@@H]1CC[C@@]2(O)CN(CCc1cccs1)S(=O)(=O)c1cccs1. The Hall–Kier alpha value is -2.44. The zero-order valence-electron chi connectivity index (χ0n) is 29.1. The number of thiophene rings is 3. The molecular weight excluding hydrogens is 715 g/mol. The van der Waals surface area contributed by atoms with Gasteiger partial charge in [0.2, 0.25) is 0 Å². The van der Waals surface area contributed by atoms with Crippen LogP contribution in [0.2, 0.25) is 0 Å². The van der Waals surface area contributed by atoms with Crippen molar-refractivity contribution in [2.45, 2.75) is 81.1 Å². The number of sulfonamides is 1. The predicted octanol–water partition coefficient (Wildman–Crippen LogP) is 8.73. The van der Waals surface area contributed by atoms with Gasteiger partial charge in [-0.1, -0.05) is 62.4 Å². The van der Waals surface area contributed by atoms with Crippen LogP contribution in [0.4, 0.5) is 0 Å². The summed E-state index contributed by atoms with van der Waals surface area (Å²) in [6.07, 6.45) is 12.1. The summed E-state index contributed by atoms with van der Waals surface area (Å²) >= 11 is 4.38. The lowest BCUT2D eigenvalue weighted by molar-refractivity contribution is -0.173.